The highest BCUT2D eigenvalue weighted by molar-refractivity contribution is 7.84. The molecule has 0 aliphatic carbocycles. The van der Waals surface area contributed by atoms with Gasteiger partial charge in [0.05, 0.1) is 6.04 Å². The van der Waals surface area contributed by atoms with Crippen LogP contribution in [0.5, 0.6) is 0 Å². The minimum absolute atomic E-state index is 0.00983. The summed E-state index contributed by atoms with van der Waals surface area (Å²) in [6, 6.07) is -0.0199. The Bertz CT molecular complexity index is 184. The quantitative estimate of drug-likeness (QED) is 0.317. The average Bonchev–Trinajstić information content (AvgIpc) is 2.00. The van der Waals surface area contributed by atoms with Crippen LogP contribution in [0.25, 0.3) is 0 Å². The summed E-state index contributed by atoms with van der Waals surface area (Å²) in [7, 11) is -0.796. The molecule has 0 bridgehead atoms. The van der Waals surface area contributed by atoms with Crippen LogP contribution in [0.4, 0.5) is 0 Å². The zero-order valence-electron chi connectivity index (χ0n) is 7.28. The summed E-state index contributed by atoms with van der Waals surface area (Å²) in [6.07, 6.45) is 2.34. The first-order valence-corrected chi connectivity index (χ1v) is 5.32. The smallest absolute Gasteiger partial charge is 0.213 e. The number of nitrogens with zero attached hydrogens (tertiary/aromatic N) is 1. The largest absolute Gasteiger partial charge is 0.368 e. The van der Waals surface area contributed by atoms with E-state index in [0.717, 1.165) is 0 Å². The van der Waals surface area contributed by atoms with Gasteiger partial charge in [0.1, 0.15) is 0 Å². The number of aliphatic imine (C=N–C) groups is 1. The predicted molar refractivity (Wildman–Crippen MR) is 49.6 cm³/mol. The predicted octanol–water partition coefficient (Wildman–Crippen LogP) is -0.563. The fraction of sp³-hybridized carbons (Fsp3) is 0.833. The lowest BCUT2D eigenvalue weighted by Gasteiger charge is -2.05. The molecule has 12 heavy (non-hydrogen) atoms. The Morgan fingerprint density at radius 1 is 1.83 bits per heavy atom. The van der Waals surface area contributed by atoms with Crippen molar-refractivity contribution in [1.82, 2.24) is 5.48 Å². The summed E-state index contributed by atoms with van der Waals surface area (Å²) in [5.74, 6) is 0.591. The zero-order chi connectivity index (χ0) is 9.56. The van der Waals surface area contributed by atoms with Gasteiger partial charge in [-0.15, -0.1) is 0 Å². The summed E-state index contributed by atoms with van der Waals surface area (Å²) in [4.78, 5) is 3.87. The van der Waals surface area contributed by atoms with Gasteiger partial charge < -0.3 is 5.73 Å². The lowest BCUT2D eigenvalue weighted by atomic mass is 10.3. The molecule has 0 rings (SSSR count). The van der Waals surface area contributed by atoms with Gasteiger partial charge in [0.25, 0.3) is 0 Å². The second kappa shape index (κ2) is 5.96. The fourth-order valence-corrected chi connectivity index (χ4v) is 1.34. The van der Waals surface area contributed by atoms with Gasteiger partial charge in [-0.1, -0.05) is 0 Å². The Labute approximate surface area is 74.5 Å². The molecule has 0 aromatic heterocycles. The highest BCUT2D eigenvalue weighted by Crippen LogP contribution is 1.96. The van der Waals surface area contributed by atoms with Crippen molar-refractivity contribution in [2.75, 3.05) is 12.0 Å². The van der Waals surface area contributed by atoms with Crippen LogP contribution in [0.1, 0.15) is 13.3 Å². The molecule has 4 N–H and O–H groups in total. The number of hydrogen-bond acceptors (Lipinski definition) is 3. The minimum atomic E-state index is -0.796. The Morgan fingerprint density at radius 2 is 2.42 bits per heavy atom. The van der Waals surface area contributed by atoms with Gasteiger partial charge in [-0.05, 0) is 13.3 Å². The van der Waals surface area contributed by atoms with Crippen molar-refractivity contribution >= 4 is 16.8 Å². The molecule has 0 saturated heterocycles. The lowest BCUT2D eigenvalue weighted by molar-refractivity contribution is 0.232. The molecule has 6 heteroatoms. The summed E-state index contributed by atoms with van der Waals surface area (Å²) in [5, 5.41) is 8.30. The summed E-state index contributed by atoms with van der Waals surface area (Å²) < 4.78 is 10.7. The zero-order valence-corrected chi connectivity index (χ0v) is 8.10. The van der Waals surface area contributed by atoms with Crippen molar-refractivity contribution in [3.05, 3.63) is 0 Å². The van der Waals surface area contributed by atoms with Crippen molar-refractivity contribution in [1.29, 1.82) is 0 Å². The van der Waals surface area contributed by atoms with E-state index in [1.807, 2.05) is 6.92 Å². The average molecular weight is 193 g/mol. The maximum atomic E-state index is 10.7. The molecular weight excluding hydrogens is 178 g/mol. The number of rotatable bonds is 4. The van der Waals surface area contributed by atoms with E-state index in [1.54, 1.807) is 11.7 Å². The van der Waals surface area contributed by atoms with E-state index in [9.17, 15) is 4.21 Å². The van der Waals surface area contributed by atoms with E-state index >= 15 is 0 Å². The molecule has 0 spiro atoms. The topological polar surface area (TPSA) is 87.7 Å². The Balaban J connectivity index is 3.73. The van der Waals surface area contributed by atoms with Gasteiger partial charge in [0.15, 0.2) is 0 Å². The normalized spacial score (nSPS) is 17.1. The number of guanidine groups is 1. The Kier molecular flexibility index (Phi) is 5.65. The van der Waals surface area contributed by atoms with Crippen molar-refractivity contribution < 1.29 is 9.42 Å². The van der Waals surface area contributed by atoms with Crippen molar-refractivity contribution in [3.8, 4) is 0 Å². The summed E-state index contributed by atoms with van der Waals surface area (Å²) >= 11 is 0. The van der Waals surface area contributed by atoms with Crippen LogP contribution < -0.4 is 11.2 Å². The lowest BCUT2D eigenvalue weighted by Crippen LogP contribution is -2.30. The van der Waals surface area contributed by atoms with Crippen molar-refractivity contribution in [2.24, 2.45) is 10.7 Å². The standard InChI is InChI=1S/C6H15N3O2S/c1-5(3-4-12(2)11)8-6(7)9-10/h5,10H,3-4H2,1-2H3,(H3,7,8,9). The van der Waals surface area contributed by atoms with Crippen LogP contribution >= 0.6 is 0 Å². The van der Waals surface area contributed by atoms with Gasteiger partial charge in [0, 0.05) is 22.8 Å². The SMILES string of the molecule is CC(CCS(C)=O)N=C(N)NO. The van der Waals surface area contributed by atoms with Crippen LogP contribution in [0.3, 0.4) is 0 Å². The highest BCUT2D eigenvalue weighted by atomic mass is 32.2. The van der Waals surface area contributed by atoms with Gasteiger partial charge in [-0.2, -0.15) is 0 Å². The molecule has 0 amide bonds. The number of hydrogen-bond donors (Lipinski definition) is 3. The Morgan fingerprint density at radius 3 is 2.83 bits per heavy atom. The van der Waals surface area contributed by atoms with Gasteiger partial charge >= 0.3 is 0 Å². The molecule has 0 saturated carbocycles. The first-order chi connectivity index (χ1) is 5.56. The van der Waals surface area contributed by atoms with Crippen LogP contribution in [0, 0.1) is 0 Å². The molecule has 0 radical (unpaired) electrons. The maximum absolute atomic E-state index is 10.7. The van der Waals surface area contributed by atoms with Gasteiger partial charge in [-0.3, -0.25) is 9.42 Å². The van der Waals surface area contributed by atoms with Crippen LogP contribution in [0.15, 0.2) is 4.99 Å². The van der Waals surface area contributed by atoms with Gasteiger partial charge in [0.2, 0.25) is 5.96 Å². The van der Waals surface area contributed by atoms with Crippen LogP contribution in [0.2, 0.25) is 0 Å². The van der Waals surface area contributed by atoms with Crippen LogP contribution in [-0.4, -0.2) is 33.4 Å². The molecule has 0 aromatic rings. The first-order valence-electron chi connectivity index (χ1n) is 3.59. The second-order valence-electron chi connectivity index (χ2n) is 2.54. The second-order valence-corrected chi connectivity index (χ2v) is 4.10. The maximum Gasteiger partial charge on any atom is 0.213 e. The molecule has 0 aliphatic rings. The number of hydroxylamine groups is 1. The van der Waals surface area contributed by atoms with E-state index in [1.165, 1.54) is 0 Å². The first kappa shape index (κ1) is 11.4. The van der Waals surface area contributed by atoms with E-state index in [2.05, 4.69) is 4.99 Å². The van der Waals surface area contributed by atoms with E-state index < -0.39 is 10.8 Å². The van der Waals surface area contributed by atoms with E-state index in [0.29, 0.717) is 12.2 Å². The molecule has 0 aliphatic heterocycles. The third-order valence-corrected chi connectivity index (χ3v) is 2.11. The number of nitrogens with one attached hydrogen (secondary N) is 1. The highest BCUT2D eigenvalue weighted by Gasteiger charge is 2.01. The fourth-order valence-electron chi connectivity index (χ4n) is 0.667. The van der Waals surface area contributed by atoms with Gasteiger partial charge in [-0.25, -0.2) is 10.5 Å². The third-order valence-electron chi connectivity index (χ3n) is 1.30. The monoisotopic (exact) mass is 193 g/mol. The Hall–Kier alpha value is -0.620. The summed E-state index contributed by atoms with van der Waals surface area (Å²) in [5.41, 5.74) is 6.93. The van der Waals surface area contributed by atoms with E-state index in [4.69, 9.17) is 10.9 Å². The molecule has 2 atom stereocenters. The minimum Gasteiger partial charge on any atom is -0.368 e. The molecule has 0 fully saturated rings. The molecule has 0 aromatic carbocycles. The molecular formula is C6H15N3O2S. The third kappa shape index (κ3) is 6.11. The summed E-state index contributed by atoms with van der Waals surface area (Å²) in [6.45, 7) is 1.84. The van der Waals surface area contributed by atoms with Crippen LogP contribution in [-0.2, 0) is 10.8 Å². The van der Waals surface area contributed by atoms with Crippen molar-refractivity contribution in [3.63, 3.8) is 0 Å². The molecule has 2 unspecified atom stereocenters. The van der Waals surface area contributed by atoms with Crippen molar-refractivity contribution in [2.45, 2.75) is 19.4 Å². The molecule has 72 valence electrons. The molecule has 5 nitrogen and oxygen atoms in total. The number of nitrogens with two attached hydrogens (primary N) is 1. The molecule has 0 heterocycles. The van der Waals surface area contributed by atoms with E-state index in [-0.39, 0.29) is 12.0 Å².